The van der Waals surface area contributed by atoms with E-state index < -0.39 is 0 Å². The Bertz CT molecular complexity index is 764. The molecule has 3 aromatic rings. The first-order chi connectivity index (χ1) is 11.3. The average Bonchev–Trinajstić information content (AvgIpc) is 3.09. The van der Waals surface area contributed by atoms with Gasteiger partial charge < -0.3 is 0 Å². The van der Waals surface area contributed by atoms with Gasteiger partial charge in [0, 0.05) is 23.1 Å². The molecule has 0 aliphatic rings. The van der Waals surface area contributed by atoms with E-state index in [-0.39, 0.29) is 0 Å². The minimum absolute atomic E-state index is 0.822. The zero-order valence-corrected chi connectivity index (χ0v) is 13.9. The van der Waals surface area contributed by atoms with Gasteiger partial charge in [0.25, 0.3) is 0 Å². The van der Waals surface area contributed by atoms with Crippen LogP contribution in [0.5, 0.6) is 0 Å². The van der Waals surface area contributed by atoms with Crippen LogP contribution in [-0.4, -0.2) is 10.7 Å². The van der Waals surface area contributed by atoms with Crippen molar-refractivity contribution in [1.29, 1.82) is 0 Å². The summed E-state index contributed by atoms with van der Waals surface area (Å²) in [6.45, 7) is 2.13. The lowest BCUT2D eigenvalue weighted by Gasteiger charge is -2.04. The van der Waals surface area contributed by atoms with E-state index in [0.29, 0.717) is 0 Å². The molecule has 1 aromatic heterocycles. The number of hydrogen-bond acceptors (Lipinski definition) is 4. The Morgan fingerprint density at radius 3 is 2.43 bits per heavy atom. The summed E-state index contributed by atoms with van der Waals surface area (Å²) in [5.74, 6) is 0. The molecule has 2 aromatic carbocycles. The van der Waals surface area contributed by atoms with Gasteiger partial charge in [0.15, 0.2) is 0 Å². The van der Waals surface area contributed by atoms with Gasteiger partial charge in [-0.15, -0.1) is 11.3 Å². The van der Waals surface area contributed by atoms with E-state index in [1.807, 2.05) is 24.3 Å². The quantitative estimate of drug-likeness (QED) is 0.498. The second-order valence-electron chi connectivity index (χ2n) is 5.21. The minimum Gasteiger partial charge on any atom is -0.253 e. The van der Waals surface area contributed by atoms with Crippen molar-refractivity contribution in [3.63, 3.8) is 0 Å². The topological polar surface area (TPSA) is 37.3 Å². The molecule has 1 N–H and O–H groups in total. The molecule has 0 aliphatic heterocycles. The molecule has 4 heteroatoms. The molecule has 1 heterocycles. The van der Waals surface area contributed by atoms with Crippen molar-refractivity contribution in [2.45, 2.75) is 19.8 Å². The summed E-state index contributed by atoms with van der Waals surface area (Å²) in [4.78, 5) is 4.59. The molecule has 0 spiro atoms. The fraction of sp³-hybridized carbons (Fsp3) is 0.158. The first-order valence-electron chi connectivity index (χ1n) is 7.71. The maximum atomic E-state index is 4.59. The predicted molar refractivity (Wildman–Crippen MR) is 99.0 cm³/mol. The molecule has 0 aliphatic carbocycles. The van der Waals surface area contributed by atoms with Crippen LogP contribution in [0.4, 0.5) is 5.13 Å². The second kappa shape index (κ2) is 7.70. The van der Waals surface area contributed by atoms with Gasteiger partial charge >= 0.3 is 0 Å². The molecule has 23 heavy (non-hydrogen) atoms. The molecule has 116 valence electrons. The summed E-state index contributed by atoms with van der Waals surface area (Å²) in [5.41, 5.74) is 7.60. The Labute approximate surface area is 140 Å². The fourth-order valence-corrected chi connectivity index (χ4v) is 2.93. The average molecular weight is 321 g/mol. The Morgan fingerprint density at radius 1 is 1.04 bits per heavy atom. The monoisotopic (exact) mass is 321 g/mol. The van der Waals surface area contributed by atoms with E-state index in [2.05, 4.69) is 64.2 Å². The Hall–Kier alpha value is -2.46. The standard InChI is InChI=1S/C19H19N3S/c1-2-17(13-15-9-5-3-6-10-15)21-22-19-20-18(14-23-19)16-11-7-4-8-12-16/h3-12,14H,2,13H2,1H3,(H,20,22)/b21-17-. The predicted octanol–water partition coefficient (Wildman–Crippen LogP) is 5.23. The molecule has 0 saturated carbocycles. The van der Waals surface area contributed by atoms with Crippen molar-refractivity contribution in [1.82, 2.24) is 4.98 Å². The lowest BCUT2D eigenvalue weighted by Crippen LogP contribution is -2.05. The summed E-state index contributed by atoms with van der Waals surface area (Å²) >= 11 is 1.57. The molecule has 0 amide bonds. The van der Waals surface area contributed by atoms with Crippen molar-refractivity contribution in [2.24, 2.45) is 5.10 Å². The molecule has 0 saturated heterocycles. The number of anilines is 1. The first-order valence-corrected chi connectivity index (χ1v) is 8.59. The maximum absolute atomic E-state index is 4.59. The van der Waals surface area contributed by atoms with Crippen LogP contribution in [0, 0.1) is 0 Å². The van der Waals surface area contributed by atoms with Gasteiger partial charge in [-0.1, -0.05) is 67.6 Å². The molecule has 3 rings (SSSR count). The number of thiazole rings is 1. The third-order valence-electron chi connectivity index (χ3n) is 3.54. The second-order valence-corrected chi connectivity index (χ2v) is 6.07. The molecular formula is C19H19N3S. The van der Waals surface area contributed by atoms with E-state index >= 15 is 0 Å². The SMILES string of the molecule is CC/C(Cc1ccccc1)=N/Nc1nc(-c2ccccc2)cs1. The highest BCUT2D eigenvalue weighted by Gasteiger charge is 2.04. The largest absolute Gasteiger partial charge is 0.253 e. The van der Waals surface area contributed by atoms with Crippen LogP contribution in [-0.2, 0) is 6.42 Å². The zero-order chi connectivity index (χ0) is 15.9. The maximum Gasteiger partial charge on any atom is 0.203 e. The Kier molecular flexibility index (Phi) is 5.17. The molecule has 3 nitrogen and oxygen atoms in total. The van der Waals surface area contributed by atoms with E-state index in [0.717, 1.165) is 34.9 Å². The number of benzene rings is 2. The van der Waals surface area contributed by atoms with Gasteiger partial charge in [-0.3, -0.25) is 5.43 Å². The van der Waals surface area contributed by atoms with Crippen LogP contribution in [0.15, 0.2) is 71.1 Å². The number of hydrazone groups is 1. The Balaban J connectivity index is 1.68. The number of rotatable bonds is 6. The van der Waals surface area contributed by atoms with Crippen molar-refractivity contribution in [2.75, 3.05) is 5.43 Å². The molecule has 0 atom stereocenters. The summed E-state index contributed by atoms with van der Waals surface area (Å²) in [6.07, 6.45) is 1.78. The Morgan fingerprint density at radius 2 is 1.74 bits per heavy atom. The number of nitrogens with zero attached hydrogens (tertiary/aromatic N) is 2. The third kappa shape index (κ3) is 4.27. The van der Waals surface area contributed by atoms with Crippen LogP contribution in [0.2, 0.25) is 0 Å². The highest BCUT2D eigenvalue weighted by Crippen LogP contribution is 2.24. The van der Waals surface area contributed by atoms with Crippen LogP contribution < -0.4 is 5.43 Å². The fourth-order valence-electron chi connectivity index (χ4n) is 2.27. The van der Waals surface area contributed by atoms with E-state index in [1.165, 1.54) is 5.56 Å². The normalized spacial score (nSPS) is 11.4. The van der Waals surface area contributed by atoms with Crippen LogP contribution >= 0.6 is 11.3 Å². The molecule has 0 radical (unpaired) electrons. The van der Waals surface area contributed by atoms with Crippen molar-refractivity contribution >= 4 is 22.2 Å². The van der Waals surface area contributed by atoms with Gasteiger partial charge in [-0.05, 0) is 12.0 Å². The van der Waals surface area contributed by atoms with Gasteiger partial charge in [0.05, 0.1) is 5.69 Å². The van der Waals surface area contributed by atoms with E-state index in [1.54, 1.807) is 11.3 Å². The van der Waals surface area contributed by atoms with Crippen LogP contribution in [0.1, 0.15) is 18.9 Å². The summed E-state index contributed by atoms with van der Waals surface area (Å²) in [5, 5.41) is 7.40. The van der Waals surface area contributed by atoms with Crippen molar-refractivity contribution in [3.05, 3.63) is 71.6 Å². The summed E-state index contributed by atoms with van der Waals surface area (Å²) in [6, 6.07) is 20.6. The lowest BCUT2D eigenvalue weighted by molar-refractivity contribution is 1.14. The van der Waals surface area contributed by atoms with Gasteiger partial charge in [-0.25, -0.2) is 4.98 Å². The summed E-state index contributed by atoms with van der Waals surface area (Å²) < 4.78 is 0. The lowest BCUT2D eigenvalue weighted by atomic mass is 10.1. The summed E-state index contributed by atoms with van der Waals surface area (Å²) in [7, 11) is 0. The first kappa shape index (κ1) is 15.4. The molecule has 0 bridgehead atoms. The minimum atomic E-state index is 0.822. The highest BCUT2D eigenvalue weighted by atomic mass is 32.1. The third-order valence-corrected chi connectivity index (χ3v) is 4.29. The number of hydrogen-bond donors (Lipinski definition) is 1. The smallest absolute Gasteiger partial charge is 0.203 e. The van der Waals surface area contributed by atoms with Crippen molar-refractivity contribution in [3.8, 4) is 11.3 Å². The number of nitrogens with one attached hydrogen (secondary N) is 1. The van der Waals surface area contributed by atoms with Crippen LogP contribution in [0.25, 0.3) is 11.3 Å². The van der Waals surface area contributed by atoms with E-state index in [4.69, 9.17) is 0 Å². The van der Waals surface area contributed by atoms with Crippen molar-refractivity contribution < 1.29 is 0 Å². The molecule has 0 fully saturated rings. The number of aromatic nitrogens is 1. The van der Waals surface area contributed by atoms with Gasteiger partial charge in [-0.2, -0.15) is 5.10 Å². The van der Waals surface area contributed by atoms with E-state index in [9.17, 15) is 0 Å². The molecular weight excluding hydrogens is 302 g/mol. The molecule has 0 unspecified atom stereocenters. The highest BCUT2D eigenvalue weighted by molar-refractivity contribution is 7.14. The van der Waals surface area contributed by atoms with Crippen LogP contribution in [0.3, 0.4) is 0 Å². The van der Waals surface area contributed by atoms with Gasteiger partial charge in [0.1, 0.15) is 0 Å². The van der Waals surface area contributed by atoms with Gasteiger partial charge in [0.2, 0.25) is 5.13 Å². The zero-order valence-electron chi connectivity index (χ0n) is 13.1.